The van der Waals surface area contributed by atoms with Gasteiger partial charge in [0, 0.05) is 43.8 Å². The topological polar surface area (TPSA) is 53.7 Å². The molecule has 5 nitrogen and oxygen atoms in total. The summed E-state index contributed by atoms with van der Waals surface area (Å²) in [4.78, 5) is 9.93. The number of nitrogens with one attached hydrogen (secondary N) is 2. The van der Waals surface area contributed by atoms with E-state index in [4.69, 9.17) is 0 Å². The molecule has 0 atom stereocenters. The van der Waals surface area contributed by atoms with Crippen molar-refractivity contribution in [2.45, 2.75) is 17.7 Å². The van der Waals surface area contributed by atoms with Crippen molar-refractivity contribution in [3.8, 4) is 0 Å². The van der Waals surface area contributed by atoms with Crippen LogP contribution in [0.1, 0.15) is 12.1 Å². The summed E-state index contributed by atoms with van der Waals surface area (Å²) >= 11 is 1.73. The number of hydrogen-bond acceptors (Lipinski definition) is 3. The van der Waals surface area contributed by atoms with Crippen LogP contribution in [0.25, 0.3) is 5.65 Å². The van der Waals surface area contributed by atoms with Gasteiger partial charge in [-0.1, -0.05) is 6.07 Å². The smallest absolute Gasteiger partial charge is 0.190 e. The van der Waals surface area contributed by atoms with Gasteiger partial charge in [0.2, 0.25) is 0 Å². The fourth-order valence-electron chi connectivity index (χ4n) is 2.64. The molecule has 0 radical (unpaired) electrons. The second kappa shape index (κ2) is 9.97. The number of guanidine groups is 1. The van der Waals surface area contributed by atoms with Gasteiger partial charge in [0.1, 0.15) is 11.5 Å². The van der Waals surface area contributed by atoms with Crippen molar-refractivity contribution in [3.05, 3.63) is 66.4 Å². The molecule has 7 heteroatoms. The van der Waals surface area contributed by atoms with E-state index in [9.17, 15) is 4.39 Å². The Balaban J connectivity index is 1.32. The summed E-state index contributed by atoms with van der Waals surface area (Å²) < 4.78 is 14.9. The zero-order chi connectivity index (χ0) is 18.9. The van der Waals surface area contributed by atoms with Crippen LogP contribution in [0.4, 0.5) is 4.39 Å². The Morgan fingerprint density at radius 1 is 1.15 bits per heavy atom. The minimum Gasteiger partial charge on any atom is -0.356 e. The molecule has 0 saturated heterocycles. The Hall–Kier alpha value is -2.54. The molecule has 0 aliphatic rings. The fraction of sp³-hybridized carbons (Fsp3) is 0.300. The molecule has 0 unspecified atom stereocenters. The van der Waals surface area contributed by atoms with E-state index in [0.717, 1.165) is 53.9 Å². The Kier molecular flexibility index (Phi) is 7.10. The molecule has 0 fully saturated rings. The number of benzene rings is 1. The third-order valence-electron chi connectivity index (χ3n) is 4.01. The number of thioether (sulfide) groups is 1. The summed E-state index contributed by atoms with van der Waals surface area (Å²) in [5.41, 5.74) is 2.02. The maximum Gasteiger partial charge on any atom is 0.190 e. The first-order chi connectivity index (χ1) is 13.2. The Bertz CT molecular complexity index is 842. The minimum absolute atomic E-state index is 0.195. The van der Waals surface area contributed by atoms with Crippen molar-refractivity contribution in [1.29, 1.82) is 0 Å². The molecule has 0 bridgehead atoms. The number of imidazole rings is 1. The van der Waals surface area contributed by atoms with Crippen molar-refractivity contribution in [3.63, 3.8) is 0 Å². The highest BCUT2D eigenvalue weighted by Gasteiger charge is 2.02. The van der Waals surface area contributed by atoms with Gasteiger partial charge >= 0.3 is 0 Å². The van der Waals surface area contributed by atoms with E-state index >= 15 is 0 Å². The molecule has 27 heavy (non-hydrogen) atoms. The molecule has 2 aromatic heterocycles. The van der Waals surface area contributed by atoms with Crippen LogP contribution < -0.4 is 10.6 Å². The molecule has 0 aliphatic heterocycles. The van der Waals surface area contributed by atoms with E-state index < -0.39 is 0 Å². The van der Waals surface area contributed by atoms with Crippen molar-refractivity contribution in [2.75, 3.05) is 25.9 Å². The monoisotopic (exact) mass is 385 g/mol. The minimum atomic E-state index is -0.195. The van der Waals surface area contributed by atoms with Gasteiger partial charge in [0.25, 0.3) is 0 Å². The zero-order valence-corrected chi connectivity index (χ0v) is 16.2. The third kappa shape index (κ3) is 5.99. The molecular formula is C20H24FN5S. The summed E-state index contributed by atoms with van der Waals surface area (Å²) in [6.45, 7) is 1.61. The van der Waals surface area contributed by atoms with Crippen molar-refractivity contribution < 1.29 is 4.39 Å². The zero-order valence-electron chi connectivity index (χ0n) is 15.4. The van der Waals surface area contributed by atoms with Gasteiger partial charge in [-0.15, -0.1) is 11.8 Å². The second-order valence-corrected chi connectivity index (χ2v) is 7.20. The van der Waals surface area contributed by atoms with Crippen LogP contribution in [0, 0.1) is 5.82 Å². The highest BCUT2D eigenvalue weighted by Crippen LogP contribution is 2.18. The van der Waals surface area contributed by atoms with Crippen molar-refractivity contribution in [2.24, 2.45) is 4.99 Å². The van der Waals surface area contributed by atoms with Gasteiger partial charge in [-0.05, 0) is 48.6 Å². The summed E-state index contributed by atoms with van der Waals surface area (Å²) in [6, 6.07) is 12.6. The Labute approximate surface area is 163 Å². The number of fused-ring (bicyclic) bond motifs is 1. The van der Waals surface area contributed by atoms with Gasteiger partial charge in [0.05, 0.1) is 5.69 Å². The first-order valence-electron chi connectivity index (χ1n) is 9.00. The number of pyridine rings is 1. The van der Waals surface area contributed by atoms with Gasteiger partial charge in [-0.3, -0.25) is 4.99 Å². The van der Waals surface area contributed by atoms with E-state index in [1.807, 2.05) is 40.9 Å². The van der Waals surface area contributed by atoms with Crippen molar-refractivity contribution in [1.82, 2.24) is 20.0 Å². The molecule has 0 spiro atoms. The van der Waals surface area contributed by atoms with Crippen LogP contribution >= 0.6 is 11.8 Å². The first kappa shape index (κ1) is 19.2. The van der Waals surface area contributed by atoms with Crippen LogP contribution in [0.2, 0.25) is 0 Å². The molecule has 1 aromatic carbocycles. The van der Waals surface area contributed by atoms with Crippen LogP contribution in [0.3, 0.4) is 0 Å². The third-order valence-corrected chi connectivity index (χ3v) is 5.11. The predicted octanol–water partition coefficient (Wildman–Crippen LogP) is 3.36. The fourth-order valence-corrected chi connectivity index (χ4v) is 3.49. The second-order valence-electron chi connectivity index (χ2n) is 6.03. The number of hydrogen-bond donors (Lipinski definition) is 2. The lowest BCUT2D eigenvalue weighted by Gasteiger charge is -2.11. The molecule has 0 aliphatic carbocycles. The van der Waals surface area contributed by atoms with Crippen LogP contribution in [-0.4, -0.2) is 41.2 Å². The van der Waals surface area contributed by atoms with E-state index in [-0.39, 0.29) is 5.82 Å². The van der Waals surface area contributed by atoms with Crippen LogP contribution in [0.5, 0.6) is 0 Å². The van der Waals surface area contributed by atoms with Gasteiger partial charge < -0.3 is 15.0 Å². The van der Waals surface area contributed by atoms with Gasteiger partial charge in [-0.25, -0.2) is 9.37 Å². The highest BCUT2D eigenvalue weighted by molar-refractivity contribution is 7.99. The first-order valence-corrected chi connectivity index (χ1v) is 9.98. The summed E-state index contributed by atoms with van der Waals surface area (Å²) in [5.74, 6) is 1.57. The molecule has 2 heterocycles. The van der Waals surface area contributed by atoms with E-state index in [2.05, 4.69) is 26.8 Å². The predicted molar refractivity (Wildman–Crippen MR) is 110 cm³/mol. The number of aliphatic imine (C=N–C) groups is 1. The van der Waals surface area contributed by atoms with Crippen LogP contribution in [0.15, 0.2) is 64.7 Å². The van der Waals surface area contributed by atoms with Crippen LogP contribution in [-0.2, 0) is 6.42 Å². The Morgan fingerprint density at radius 2 is 1.96 bits per heavy atom. The lowest BCUT2D eigenvalue weighted by atomic mass is 10.3. The lowest BCUT2D eigenvalue weighted by Crippen LogP contribution is -2.38. The normalized spacial score (nSPS) is 11.7. The van der Waals surface area contributed by atoms with Gasteiger partial charge in [0.15, 0.2) is 5.96 Å². The average Bonchev–Trinajstić information content (AvgIpc) is 3.10. The summed E-state index contributed by atoms with van der Waals surface area (Å²) in [5, 5.41) is 6.64. The Morgan fingerprint density at radius 3 is 2.74 bits per heavy atom. The van der Waals surface area contributed by atoms with E-state index in [0.29, 0.717) is 0 Å². The number of aromatic nitrogens is 2. The van der Waals surface area contributed by atoms with Gasteiger partial charge in [-0.2, -0.15) is 0 Å². The number of nitrogens with zero attached hydrogens (tertiary/aromatic N) is 3. The standard InChI is InChI=1S/C20H24FN5S/c1-22-20(23-11-4-14-27-18-8-6-16(21)7-9-18)24-12-10-17-15-26-13-3-2-5-19(26)25-17/h2-3,5-9,13,15H,4,10-12,14H2,1H3,(H2,22,23,24). The summed E-state index contributed by atoms with van der Waals surface area (Å²) in [6.07, 6.45) is 5.89. The number of halogens is 1. The molecular weight excluding hydrogens is 361 g/mol. The highest BCUT2D eigenvalue weighted by atomic mass is 32.2. The van der Waals surface area contributed by atoms with E-state index in [1.165, 1.54) is 12.1 Å². The summed E-state index contributed by atoms with van der Waals surface area (Å²) in [7, 11) is 1.77. The molecule has 3 rings (SSSR count). The maximum absolute atomic E-state index is 12.9. The van der Waals surface area contributed by atoms with E-state index in [1.54, 1.807) is 18.8 Å². The molecule has 2 N–H and O–H groups in total. The molecule has 0 saturated carbocycles. The maximum atomic E-state index is 12.9. The van der Waals surface area contributed by atoms with Crippen molar-refractivity contribution >= 4 is 23.4 Å². The quantitative estimate of drug-likeness (QED) is 0.270. The average molecular weight is 386 g/mol. The lowest BCUT2D eigenvalue weighted by molar-refractivity contribution is 0.626. The molecule has 142 valence electrons. The molecule has 3 aromatic rings. The largest absolute Gasteiger partial charge is 0.356 e. The molecule has 0 amide bonds. The SMILES string of the molecule is CN=C(NCCCSc1ccc(F)cc1)NCCc1cn2ccccc2n1. The number of rotatable bonds is 8.